The zero-order valence-electron chi connectivity index (χ0n) is 6.99. The molecular formula is C8H7BFNO2. The molecule has 0 fully saturated rings. The summed E-state index contributed by atoms with van der Waals surface area (Å²) in [6, 6.07) is 0. The van der Waals surface area contributed by atoms with Crippen molar-refractivity contribution in [3.8, 4) is 0 Å². The molecule has 2 rings (SSSR count). The molecular weight excluding hydrogens is 172 g/mol. The van der Waals surface area contributed by atoms with Crippen molar-refractivity contribution in [3.05, 3.63) is 29.3 Å². The van der Waals surface area contributed by atoms with Crippen molar-refractivity contribution in [3.63, 3.8) is 0 Å². The normalized spacial score (nSPS) is 31.8. The van der Waals surface area contributed by atoms with E-state index in [0.29, 0.717) is 0 Å². The van der Waals surface area contributed by atoms with Gasteiger partial charge in [0.15, 0.2) is 7.85 Å². The fourth-order valence-corrected chi connectivity index (χ4v) is 1.54. The minimum atomic E-state index is -1.91. The van der Waals surface area contributed by atoms with E-state index in [0.717, 1.165) is 6.20 Å². The van der Waals surface area contributed by atoms with Crippen molar-refractivity contribution in [2.75, 3.05) is 0 Å². The van der Waals surface area contributed by atoms with E-state index in [1.807, 2.05) is 0 Å². The molecule has 1 aliphatic rings. The first kappa shape index (κ1) is 8.65. The molecule has 1 aromatic heterocycles. The summed E-state index contributed by atoms with van der Waals surface area (Å²) >= 11 is 0. The van der Waals surface area contributed by atoms with Crippen LogP contribution in [-0.2, 0) is 10.4 Å². The average Bonchev–Trinajstić information content (AvgIpc) is 2.24. The first-order valence-electron chi connectivity index (χ1n) is 3.85. The number of hydrogen-bond acceptors (Lipinski definition) is 3. The van der Waals surface area contributed by atoms with Crippen LogP contribution in [0.4, 0.5) is 4.39 Å². The predicted octanol–water partition coefficient (Wildman–Crippen LogP) is 0.583. The molecule has 5 heteroatoms. The SMILES string of the molecule is [B]C1(O)OC(C)c2c(F)cncc21. The highest BCUT2D eigenvalue weighted by Crippen LogP contribution is 2.40. The Morgan fingerprint density at radius 1 is 1.69 bits per heavy atom. The second-order valence-electron chi connectivity index (χ2n) is 3.04. The number of nitrogens with zero attached hydrogens (tertiary/aromatic N) is 1. The highest BCUT2D eigenvalue weighted by Gasteiger charge is 2.39. The molecule has 0 amide bonds. The van der Waals surface area contributed by atoms with Gasteiger partial charge in [-0.05, 0) is 6.92 Å². The third-order valence-electron chi connectivity index (χ3n) is 2.09. The van der Waals surface area contributed by atoms with Crippen LogP contribution in [0.2, 0.25) is 0 Å². The van der Waals surface area contributed by atoms with Gasteiger partial charge in [-0.3, -0.25) is 4.98 Å². The van der Waals surface area contributed by atoms with Crippen molar-refractivity contribution in [2.24, 2.45) is 0 Å². The van der Waals surface area contributed by atoms with Gasteiger partial charge in [-0.25, -0.2) is 4.39 Å². The molecule has 0 spiro atoms. The fraction of sp³-hybridized carbons (Fsp3) is 0.375. The van der Waals surface area contributed by atoms with Crippen molar-refractivity contribution < 1.29 is 14.2 Å². The molecule has 0 saturated carbocycles. The maximum atomic E-state index is 13.2. The van der Waals surface area contributed by atoms with Crippen molar-refractivity contribution in [1.82, 2.24) is 4.98 Å². The Labute approximate surface area is 76.0 Å². The van der Waals surface area contributed by atoms with Crippen molar-refractivity contribution in [2.45, 2.75) is 18.7 Å². The van der Waals surface area contributed by atoms with Gasteiger partial charge in [0.2, 0.25) is 0 Å². The maximum absolute atomic E-state index is 13.2. The molecule has 2 heterocycles. The first-order valence-corrected chi connectivity index (χ1v) is 3.85. The lowest BCUT2D eigenvalue weighted by Crippen LogP contribution is -2.24. The summed E-state index contributed by atoms with van der Waals surface area (Å²) in [5, 5.41) is 9.49. The van der Waals surface area contributed by atoms with Crippen LogP contribution in [0.25, 0.3) is 0 Å². The average molecular weight is 179 g/mol. The number of ether oxygens (including phenoxy) is 1. The van der Waals surface area contributed by atoms with E-state index in [1.165, 1.54) is 6.20 Å². The molecule has 2 atom stereocenters. The Bertz CT molecular complexity index is 356. The summed E-state index contributed by atoms with van der Waals surface area (Å²) in [7, 11) is 5.38. The molecule has 1 aromatic rings. The summed E-state index contributed by atoms with van der Waals surface area (Å²) in [6.07, 6.45) is 1.83. The maximum Gasteiger partial charge on any atom is 0.161 e. The Morgan fingerprint density at radius 3 is 3.00 bits per heavy atom. The van der Waals surface area contributed by atoms with E-state index in [1.54, 1.807) is 6.92 Å². The van der Waals surface area contributed by atoms with Crippen LogP contribution in [0.3, 0.4) is 0 Å². The topological polar surface area (TPSA) is 42.4 Å². The number of aliphatic hydroxyl groups is 1. The third kappa shape index (κ3) is 1.15. The Kier molecular flexibility index (Phi) is 1.68. The molecule has 2 unspecified atom stereocenters. The van der Waals surface area contributed by atoms with Crippen LogP contribution >= 0.6 is 0 Å². The number of halogens is 1. The second kappa shape index (κ2) is 2.53. The van der Waals surface area contributed by atoms with Gasteiger partial charge >= 0.3 is 0 Å². The minimum Gasteiger partial charge on any atom is -0.370 e. The molecule has 3 nitrogen and oxygen atoms in total. The predicted molar refractivity (Wildman–Crippen MR) is 43.3 cm³/mol. The molecule has 1 N–H and O–H groups in total. The third-order valence-corrected chi connectivity index (χ3v) is 2.09. The number of hydrogen-bond donors (Lipinski definition) is 1. The largest absolute Gasteiger partial charge is 0.370 e. The molecule has 13 heavy (non-hydrogen) atoms. The monoisotopic (exact) mass is 179 g/mol. The van der Waals surface area contributed by atoms with Gasteiger partial charge in [-0.15, -0.1) is 0 Å². The standard InChI is InChI=1S/C8H7BFNO2/c1-4-7-5(8(9,12)13-4)2-11-3-6(7)10/h2-4,12H,1H3. The molecule has 1 aliphatic heterocycles. The lowest BCUT2D eigenvalue weighted by molar-refractivity contribution is -0.155. The van der Waals surface area contributed by atoms with Crippen LogP contribution in [0.15, 0.2) is 12.4 Å². The van der Waals surface area contributed by atoms with Crippen LogP contribution in [0.5, 0.6) is 0 Å². The Hall–Kier alpha value is -0.935. The first-order chi connectivity index (χ1) is 6.02. The van der Waals surface area contributed by atoms with Gasteiger partial charge in [0, 0.05) is 17.3 Å². The highest BCUT2D eigenvalue weighted by molar-refractivity contribution is 6.13. The number of aromatic nitrogens is 1. The molecule has 0 saturated heterocycles. The zero-order chi connectivity index (χ0) is 9.64. The van der Waals surface area contributed by atoms with Crippen LogP contribution in [0, 0.1) is 5.82 Å². The van der Waals surface area contributed by atoms with E-state index < -0.39 is 17.6 Å². The van der Waals surface area contributed by atoms with Gasteiger partial charge < -0.3 is 9.84 Å². The fourth-order valence-electron chi connectivity index (χ4n) is 1.54. The summed E-state index contributed by atoms with van der Waals surface area (Å²) < 4.78 is 18.1. The van der Waals surface area contributed by atoms with E-state index in [2.05, 4.69) is 4.98 Å². The second-order valence-corrected chi connectivity index (χ2v) is 3.04. The number of fused-ring (bicyclic) bond motifs is 1. The van der Waals surface area contributed by atoms with Crippen LogP contribution in [-0.4, -0.2) is 17.9 Å². The minimum absolute atomic E-state index is 0.194. The van der Waals surface area contributed by atoms with Crippen LogP contribution < -0.4 is 0 Å². The van der Waals surface area contributed by atoms with Gasteiger partial charge in [0.05, 0.1) is 12.3 Å². The summed E-state index contributed by atoms with van der Waals surface area (Å²) in [4.78, 5) is 3.59. The van der Waals surface area contributed by atoms with Crippen molar-refractivity contribution >= 4 is 7.85 Å². The molecule has 2 radical (unpaired) electrons. The van der Waals surface area contributed by atoms with E-state index >= 15 is 0 Å². The molecule has 0 aliphatic carbocycles. The summed E-state index contributed by atoms with van der Waals surface area (Å²) in [5.74, 6) is -0.508. The van der Waals surface area contributed by atoms with Gasteiger partial charge in [-0.1, -0.05) is 0 Å². The highest BCUT2D eigenvalue weighted by atomic mass is 19.1. The summed E-state index contributed by atoms with van der Waals surface area (Å²) in [6.45, 7) is 1.62. The molecule has 0 aromatic carbocycles. The van der Waals surface area contributed by atoms with Crippen molar-refractivity contribution in [1.29, 1.82) is 0 Å². The van der Waals surface area contributed by atoms with Gasteiger partial charge in [0.1, 0.15) is 11.5 Å². The number of rotatable bonds is 0. The van der Waals surface area contributed by atoms with Gasteiger partial charge in [-0.2, -0.15) is 0 Å². The smallest absolute Gasteiger partial charge is 0.161 e. The quantitative estimate of drug-likeness (QED) is 0.592. The van der Waals surface area contributed by atoms with E-state index in [4.69, 9.17) is 12.6 Å². The van der Waals surface area contributed by atoms with E-state index in [-0.39, 0.29) is 11.1 Å². The number of pyridine rings is 1. The van der Waals surface area contributed by atoms with E-state index in [9.17, 15) is 9.50 Å². The Morgan fingerprint density at radius 2 is 2.38 bits per heavy atom. The van der Waals surface area contributed by atoms with Crippen LogP contribution in [0.1, 0.15) is 24.2 Å². The molecule has 0 bridgehead atoms. The lowest BCUT2D eigenvalue weighted by atomic mass is 9.87. The molecule has 66 valence electrons. The Balaban J connectivity index is 2.65. The van der Waals surface area contributed by atoms with Gasteiger partial charge in [0.25, 0.3) is 0 Å². The zero-order valence-corrected chi connectivity index (χ0v) is 6.99. The lowest BCUT2D eigenvalue weighted by Gasteiger charge is -2.17. The summed E-state index contributed by atoms with van der Waals surface area (Å²) in [5.41, 5.74) is -1.44.